The summed E-state index contributed by atoms with van der Waals surface area (Å²) in [5.74, 6) is 2.93. The molecule has 0 unspecified atom stereocenters. The van der Waals surface area contributed by atoms with Crippen molar-refractivity contribution in [1.29, 1.82) is 0 Å². The fourth-order valence-electron chi connectivity index (χ4n) is 1.62. The van der Waals surface area contributed by atoms with E-state index in [9.17, 15) is 0 Å². The summed E-state index contributed by atoms with van der Waals surface area (Å²) in [6.07, 6.45) is 0. The summed E-state index contributed by atoms with van der Waals surface area (Å²) in [4.78, 5) is 0. The van der Waals surface area contributed by atoms with Crippen LogP contribution >= 0.6 is 11.9 Å². The van der Waals surface area contributed by atoms with E-state index in [4.69, 9.17) is 0 Å². The molecule has 0 N–H and O–H groups in total. The average molecular weight is 253 g/mol. The first-order valence-electron chi connectivity index (χ1n) is 5.85. The summed E-state index contributed by atoms with van der Waals surface area (Å²) < 4.78 is 2.20. The van der Waals surface area contributed by atoms with Gasteiger partial charge in [0, 0.05) is 17.6 Å². The van der Waals surface area contributed by atoms with Crippen molar-refractivity contribution in [3.63, 3.8) is 0 Å². The van der Waals surface area contributed by atoms with Crippen LogP contribution in [0.2, 0.25) is 0 Å². The molecule has 0 aliphatic rings. The second-order valence-corrected chi connectivity index (χ2v) is 4.63. The van der Waals surface area contributed by atoms with Crippen LogP contribution in [-0.4, -0.2) is 0 Å². The van der Waals surface area contributed by atoms with Crippen molar-refractivity contribution in [2.75, 3.05) is 4.31 Å². The molecule has 0 radical (unpaired) electrons. The van der Waals surface area contributed by atoms with E-state index < -0.39 is 0 Å². The molecule has 18 heavy (non-hydrogen) atoms. The zero-order chi connectivity index (χ0) is 12.6. The fourth-order valence-corrected chi connectivity index (χ4v) is 2.26. The molecule has 2 aromatic carbocycles. The number of rotatable bonds is 4. The van der Waals surface area contributed by atoms with E-state index in [-0.39, 0.29) is 0 Å². The van der Waals surface area contributed by atoms with Gasteiger partial charge in [0.05, 0.1) is 6.54 Å². The molecular formula is C16H15NS. The first kappa shape index (κ1) is 12.6. The highest BCUT2D eigenvalue weighted by Gasteiger charge is 2.06. The van der Waals surface area contributed by atoms with Crippen LogP contribution in [0.5, 0.6) is 0 Å². The molecular weight excluding hydrogens is 238 g/mol. The van der Waals surface area contributed by atoms with Crippen LogP contribution in [0, 0.1) is 11.2 Å². The minimum Gasteiger partial charge on any atom is -0.301 e. The molecule has 2 rings (SSSR count). The third kappa shape index (κ3) is 3.58. The molecule has 0 aliphatic carbocycles. The lowest BCUT2D eigenvalue weighted by Gasteiger charge is -2.20. The van der Waals surface area contributed by atoms with Gasteiger partial charge in [-0.2, -0.15) is 0 Å². The standard InChI is InChI=1S/C16H15NS/c1-2-13-18-17(16-11-7-4-8-12-16)14-15-9-5-3-6-10-15/h3-12H,14H2,1H3. The third-order valence-corrected chi connectivity index (χ3v) is 3.33. The molecule has 0 fully saturated rings. The van der Waals surface area contributed by atoms with Crippen molar-refractivity contribution < 1.29 is 0 Å². The van der Waals surface area contributed by atoms with E-state index in [0.29, 0.717) is 0 Å². The lowest BCUT2D eigenvalue weighted by atomic mass is 10.2. The van der Waals surface area contributed by atoms with Crippen molar-refractivity contribution in [2.24, 2.45) is 0 Å². The molecule has 0 saturated heterocycles. The summed E-state index contributed by atoms with van der Waals surface area (Å²) in [5, 5.41) is 3.06. The van der Waals surface area contributed by atoms with E-state index >= 15 is 0 Å². The summed E-state index contributed by atoms with van der Waals surface area (Å²) in [7, 11) is 0. The normalized spacial score (nSPS) is 9.39. The van der Waals surface area contributed by atoms with Crippen LogP contribution in [0.3, 0.4) is 0 Å². The highest BCUT2D eigenvalue weighted by atomic mass is 32.2. The first-order chi connectivity index (χ1) is 8.90. The maximum Gasteiger partial charge on any atom is 0.0555 e. The highest BCUT2D eigenvalue weighted by Crippen LogP contribution is 2.23. The van der Waals surface area contributed by atoms with Gasteiger partial charge in [-0.15, -0.1) is 0 Å². The van der Waals surface area contributed by atoms with Gasteiger partial charge >= 0.3 is 0 Å². The zero-order valence-corrected chi connectivity index (χ0v) is 11.2. The SMILES string of the molecule is CC#CSN(Cc1ccccc1)c1ccccc1. The van der Waals surface area contributed by atoms with Gasteiger partial charge < -0.3 is 4.31 Å². The van der Waals surface area contributed by atoms with Gasteiger partial charge in [-0.05, 0) is 29.9 Å². The smallest absolute Gasteiger partial charge is 0.0555 e. The van der Waals surface area contributed by atoms with E-state index in [1.807, 2.05) is 31.2 Å². The number of nitrogens with zero attached hydrogens (tertiary/aromatic N) is 1. The average Bonchev–Trinajstić information content (AvgIpc) is 2.45. The molecule has 0 aromatic heterocycles. The molecule has 0 saturated carbocycles. The van der Waals surface area contributed by atoms with Gasteiger partial charge in [0.25, 0.3) is 0 Å². The van der Waals surface area contributed by atoms with E-state index in [1.165, 1.54) is 11.3 Å². The monoisotopic (exact) mass is 253 g/mol. The van der Waals surface area contributed by atoms with Gasteiger partial charge in [0.2, 0.25) is 0 Å². The Labute approximate surface area is 113 Å². The minimum atomic E-state index is 0.851. The van der Waals surface area contributed by atoms with Crippen molar-refractivity contribution in [3.05, 3.63) is 66.2 Å². The molecule has 90 valence electrons. The Kier molecular flexibility index (Phi) is 4.75. The van der Waals surface area contributed by atoms with Crippen LogP contribution in [0.25, 0.3) is 0 Å². The Morgan fingerprint density at radius 1 is 0.944 bits per heavy atom. The Morgan fingerprint density at radius 3 is 2.17 bits per heavy atom. The number of anilines is 1. The lowest BCUT2D eigenvalue weighted by Crippen LogP contribution is -2.12. The van der Waals surface area contributed by atoms with Crippen LogP contribution in [-0.2, 0) is 6.54 Å². The summed E-state index contributed by atoms with van der Waals surface area (Å²) in [6.45, 7) is 2.71. The van der Waals surface area contributed by atoms with Crippen LogP contribution in [0.1, 0.15) is 12.5 Å². The molecule has 2 aromatic rings. The van der Waals surface area contributed by atoms with Gasteiger partial charge in [0.1, 0.15) is 0 Å². The minimum absolute atomic E-state index is 0.851. The molecule has 0 amide bonds. The molecule has 0 heterocycles. The second-order valence-electron chi connectivity index (χ2n) is 3.80. The van der Waals surface area contributed by atoms with Crippen molar-refractivity contribution in [2.45, 2.75) is 13.5 Å². The van der Waals surface area contributed by atoms with Crippen LogP contribution < -0.4 is 4.31 Å². The van der Waals surface area contributed by atoms with E-state index in [1.54, 1.807) is 11.9 Å². The molecule has 1 nitrogen and oxygen atoms in total. The Morgan fingerprint density at radius 2 is 1.56 bits per heavy atom. The van der Waals surface area contributed by atoms with Crippen LogP contribution in [0.4, 0.5) is 5.69 Å². The van der Waals surface area contributed by atoms with Crippen molar-refractivity contribution in [1.82, 2.24) is 0 Å². The highest BCUT2D eigenvalue weighted by molar-refractivity contribution is 8.05. The molecule has 0 spiro atoms. The zero-order valence-electron chi connectivity index (χ0n) is 10.3. The maximum atomic E-state index is 3.06. The van der Waals surface area contributed by atoms with Gasteiger partial charge in [-0.3, -0.25) is 0 Å². The predicted molar refractivity (Wildman–Crippen MR) is 80.1 cm³/mol. The maximum absolute atomic E-state index is 3.06. The largest absolute Gasteiger partial charge is 0.301 e. The summed E-state index contributed by atoms with van der Waals surface area (Å²) >= 11 is 1.54. The summed E-state index contributed by atoms with van der Waals surface area (Å²) in [5.41, 5.74) is 2.46. The molecule has 2 heteroatoms. The fraction of sp³-hybridized carbons (Fsp3) is 0.125. The lowest BCUT2D eigenvalue weighted by molar-refractivity contribution is 1.06. The Bertz CT molecular complexity index is 525. The topological polar surface area (TPSA) is 3.24 Å². The summed E-state index contributed by atoms with van der Waals surface area (Å²) in [6, 6.07) is 20.8. The van der Waals surface area contributed by atoms with E-state index in [2.05, 4.69) is 51.9 Å². The molecule has 0 aliphatic heterocycles. The van der Waals surface area contributed by atoms with Crippen LogP contribution in [0.15, 0.2) is 60.7 Å². The van der Waals surface area contributed by atoms with Gasteiger partial charge in [-0.1, -0.05) is 54.5 Å². The number of hydrogen-bond acceptors (Lipinski definition) is 2. The number of para-hydroxylation sites is 1. The Balaban J connectivity index is 2.17. The molecule has 0 bridgehead atoms. The Hall–Kier alpha value is -1.85. The van der Waals surface area contributed by atoms with Crippen molar-refractivity contribution in [3.8, 4) is 11.2 Å². The second kappa shape index (κ2) is 6.78. The molecule has 0 atom stereocenters. The first-order valence-corrected chi connectivity index (χ1v) is 6.62. The third-order valence-electron chi connectivity index (χ3n) is 2.47. The van der Waals surface area contributed by atoms with Crippen molar-refractivity contribution >= 4 is 17.6 Å². The van der Waals surface area contributed by atoms with Gasteiger partial charge in [0.15, 0.2) is 0 Å². The van der Waals surface area contributed by atoms with Gasteiger partial charge in [-0.25, -0.2) is 0 Å². The quantitative estimate of drug-likeness (QED) is 0.589. The number of benzene rings is 2. The number of hydrogen-bond donors (Lipinski definition) is 0. The van der Waals surface area contributed by atoms with E-state index in [0.717, 1.165) is 6.54 Å². The predicted octanol–water partition coefficient (Wildman–Crippen LogP) is 4.32.